The van der Waals surface area contributed by atoms with E-state index >= 15 is 0 Å². The first-order valence-corrected chi connectivity index (χ1v) is 9.65. The minimum Gasteiger partial charge on any atom is -0.466 e. The van der Waals surface area contributed by atoms with Crippen LogP contribution in [0.2, 0.25) is 0 Å². The van der Waals surface area contributed by atoms with Gasteiger partial charge in [0, 0.05) is 16.3 Å². The third kappa shape index (κ3) is 3.47. The van der Waals surface area contributed by atoms with Crippen LogP contribution in [0.1, 0.15) is 17.2 Å². The molecule has 0 aliphatic carbocycles. The molecule has 4 aromatic heterocycles. The minimum absolute atomic E-state index is 0.151. The topological polar surface area (TPSA) is 81.2 Å². The molecular weight excluding hydrogens is 370 g/mol. The van der Waals surface area contributed by atoms with Gasteiger partial charge in [0.2, 0.25) is 5.91 Å². The van der Waals surface area contributed by atoms with Gasteiger partial charge in [0.1, 0.15) is 11.5 Å². The van der Waals surface area contributed by atoms with E-state index in [1.54, 1.807) is 6.26 Å². The third-order valence-electron chi connectivity index (χ3n) is 3.69. The Morgan fingerprint density at radius 3 is 2.85 bits per heavy atom. The summed E-state index contributed by atoms with van der Waals surface area (Å²) in [4.78, 5) is 21.2. The van der Waals surface area contributed by atoms with E-state index in [1.807, 2.05) is 42.8 Å². The van der Waals surface area contributed by atoms with E-state index in [0.29, 0.717) is 16.6 Å². The van der Waals surface area contributed by atoms with Crippen molar-refractivity contribution in [3.63, 3.8) is 0 Å². The molecule has 1 N–H and O–H groups in total. The molecule has 0 bridgehead atoms. The highest BCUT2D eigenvalue weighted by molar-refractivity contribution is 7.14. The van der Waals surface area contributed by atoms with Crippen molar-refractivity contribution in [2.75, 3.05) is 5.32 Å². The molecule has 0 saturated heterocycles. The summed E-state index contributed by atoms with van der Waals surface area (Å²) in [5, 5.41) is 7.92. The van der Waals surface area contributed by atoms with Crippen molar-refractivity contribution in [1.29, 1.82) is 0 Å². The summed E-state index contributed by atoms with van der Waals surface area (Å²) in [6.45, 7) is 3.80. The predicted octanol–water partition coefficient (Wildman–Crippen LogP) is 4.92. The zero-order valence-electron chi connectivity index (χ0n) is 14.1. The van der Waals surface area contributed by atoms with Crippen LogP contribution in [0, 0.1) is 13.8 Å². The Morgan fingerprint density at radius 2 is 2.12 bits per heavy atom. The van der Waals surface area contributed by atoms with E-state index in [4.69, 9.17) is 8.83 Å². The zero-order valence-corrected chi connectivity index (χ0v) is 15.7. The monoisotopic (exact) mass is 385 g/mol. The van der Waals surface area contributed by atoms with Crippen molar-refractivity contribution < 1.29 is 13.6 Å². The quantitative estimate of drug-likeness (QED) is 0.527. The van der Waals surface area contributed by atoms with Crippen LogP contribution in [0.5, 0.6) is 0 Å². The molecule has 4 rings (SSSR count). The highest BCUT2D eigenvalue weighted by Gasteiger charge is 2.14. The van der Waals surface area contributed by atoms with E-state index in [-0.39, 0.29) is 12.3 Å². The standard InChI is InChI=1S/C18H15N3O3S2/c1-10-6-13(11(2)24-10)14-9-26-18(20-14)21-16(22)7-12-8-25-17(19-12)15-4-3-5-23-15/h3-6,8-9H,7H2,1-2H3,(H,20,21,22). The Kier molecular flexibility index (Phi) is 4.44. The highest BCUT2D eigenvalue weighted by Crippen LogP contribution is 2.30. The van der Waals surface area contributed by atoms with Gasteiger partial charge < -0.3 is 14.2 Å². The van der Waals surface area contributed by atoms with Gasteiger partial charge in [0.05, 0.1) is 24.1 Å². The van der Waals surface area contributed by atoms with Gasteiger partial charge in [-0.05, 0) is 32.0 Å². The maximum absolute atomic E-state index is 12.3. The number of aryl methyl sites for hydroxylation is 2. The molecule has 0 aliphatic heterocycles. The zero-order chi connectivity index (χ0) is 18.1. The average Bonchev–Trinajstić information content (AvgIpc) is 3.35. The number of carbonyl (C=O) groups is 1. The number of nitrogens with one attached hydrogen (secondary N) is 1. The molecule has 0 fully saturated rings. The van der Waals surface area contributed by atoms with Crippen LogP contribution in [0.15, 0.2) is 44.1 Å². The number of nitrogens with zero attached hydrogens (tertiary/aromatic N) is 2. The smallest absolute Gasteiger partial charge is 0.232 e. The second kappa shape index (κ2) is 6.89. The summed E-state index contributed by atoms with van der Waals surface area (Å²) < 4.78 is 10.9. The number of amides is 1. The van der Waals surface area contributed by atoms with Crippen molar-refractivity contribution in [2.24, 2.45) is 0 Å². The Bertz CT molecular complexity index is 1040. The van der Waals surface area contributed by atoms with Crippen LogP contribution in [0.3, 0.4) is 0 Å². The number of hydrogen-bond acceptors (Lipinski definition) is 7. The molecule has 4 aromatic rings. The van der Waals surface area contributed by atoms with Crippen molar-refractivity contribution in [3.05, 3.63) is 52.4 Å². The van der Waals surface area contributed by atoms with E-state index in [0.717, 1.165) is 27.8 Å². The molecule has 6 nitrogen and oxygen atoms in total. The molecule has 1 amide bonds. The van der Waals surface area contributed by atoms with Crippen LogP contribution in [-0.2, 0) is 11.2 Å². The lowest BCUT2D eigenvalue weighted by Crippen LogP contribution is -2.14. The molecule has 0 radical (unpaired) electrons. The summed E-state index contributed by atoms with van der Waals surface area (Å²) in [5.74, 6) is 2.21. The molecular formula is C18H15N3O3S2. The Hall–Kier alpha value is -2.71. The van der Waals surface area contributed by atoms with Crippen molar-refractivity contribution >= 4 is 33.7 Å². The van der Waals surface area contributed by atoms with Gasteiger partial charge in [-0.3, -0.25) is 4.79 Å². The maximum atomic E-state index is 12.3. The van der Waals surface area contributed by atoms with Gasteiger partial charge in [-0.1, -0.05) is 0 Å². The summed E-state index contributed by atoms with van der Waals surface area (Å²) in [6, 6.07) is 5.60. The fourth-order valence-electron chi connectivity index (χ4n) is 2.57. The van der Waals surface area contributed by atoms with Gasteiger partial charge >= 0.3 is 0 Å². The second-order valence-electron chi connectivity index (χ2n) is 5.71. The molecule has 0 aromatic carbocycles. The van der Waals surface area contributed by atoms with Crippen LogP contribution in [0.4, 0.5) is 5.13 Å². The summed E-state index contributed by atoms with van der Waals surface area (Å²) in [5.41, 5.74) is 2.45. The third-order valence-corrected chi connectivity index (χ3v) is 5.36. The first kappa shape index (κ1) is 16.7. The van der Waals surface area contributed by atoms with E-state index in [1.165, 1.54) is 22.7 Å². The number of anilines is 1. The number of furan rings is 2. The highest BCUT2D eigenvalue weighted by atomic mass is 32.1. The van der Waals surface area contributed by atoms with Crippen LogP contribution in [-0.4, -0.2) is 15.9 Å². The van der Waals surface area contributed by atoms with Crippen molar-refractivity contribution in [3.8, 4) is 22.0 Å². The summed E-state index contributed by atoms with van der Waals surface area (Å²) in [7, 11) is 0. The SMILES string of the molecule is Cc1cc(-c2csc(NC(=O)Cc3csc(-c4ccco4)n3)n2)c(C)o1. The lowest BCUT2D eigenvalue weighted by atomic mass is 10.2. The fourth-order valence-corrected chi connectivity index (χ4v) is 4.08. The first-order valence-electron chi connectivity index (χ1n) is 7.89. The Balaban J connectivity index is 1.42. The fraction of sp³-hybridized carbons (Fsp3) is 0.167. The van der Waals surface area contributed by atoms with Crippen molar-refractivity contribution in [1.82, 2.24) is 9.97 Å². The average molecular weight is 385 g/mol. The maximum Gasteiger partial charge on any atom is 0.232 e. The number of hydrogen-bond donors (Lipinski definition) is 1. The van der Waals surface area contributed by atoms with Gasteiger partial charge in [-0.15, -0.1) is 22.7 Å². The predicted molar refractivity (Wildman–Crippen MR) is 101 cm³/mol. The van der Waals surface area contributed by atoms with E-state index < -0.39 is 0 Å². The summed E-state index contributed by atoms with van der Waals surface area (Å²) in [6.07, 6.45) is 1.79. The van der Waals surface area contributed by atoms with Crippen LogP contribution < -0.4 is 5.32 Å². The Morgan fingerprint density at radius 1 is 1.23 bits per heavy atom. The van der Waals surface area contributed by atoms with Crippen LogP contribution >= 0.6 is 22.7 Å². The van der Waals surface area contributed by atoms with Gasteiger partial charge in [-0.2, -0.15) is 0 Å². The molecule has 4 heterocycles. The molecule has 0 atom stereocenters. The molecule has 8 heteroatoms. The van der Waals surface area contributed by atoms with Crippen LogP contribution in [0.25, 0.3) is 22.0 Å². The molecule has 132 valence electrons. The molecule has 26 heavy (non-hydrogen) atoms. The number of aromatic nitrogens is 2. The molecule has 0 unspecified atom stereocenters. The molecule has 0 aliphatic rings. The number of thiazole rings is 2. The van der Waals surface area contributed by atoms with E-state index in [9.17, 15) is 4.79 Å². The van der Waals surface area contributed by atoms with Gasteiger partial charge in [0.15, 0.2) is 15.9 Å². The second-order valence-corrected chi connectivity index (χ2v) is 7.43. The number of rotatable bonds is 5. The lowest BCUT2D eigenvalue weighted by Gasteiger charge is -1.99. The molecule has 0 spiro atoms. The summed E-state index contributed by atoms with van der Waals surface area (Å²) >= 11 is 2.84. The van der Waals surface area contributed by atoms with E-state index in [2.05, 4.69) is 15.3 Å². The Labute approximate surface area is 157 Å². The first-order chi connectivity index (χ1) is 12.6. The minimum atomic E-state index is -0.151. The number of carbonyl (C=O) groups excluding carboxylic acids is 1. The normalized spacial score (nSPS) is 11.0. The van der Waals surface area contributed by atoms with Crippen molar-refractivity contribution in [2.45, 2.75) is 20.3 Å². The lowest BCUT2D eigenvalue weighted by molar-refractivity contribution is -0.115. The molecule has 0 saturated carbocycles. The largest absolute Gasteiger partial charge is 0.466 e. The van der Waals surface area contributed by atoms with Gasteiger partial charge in [0.25, 0.3) is 0 Å². The van der Waals surface area contributed by atoms with Gasteiger partial charge in [-0.25, -0.2) is 9.97 Å².